The summed E-state index contributed by atoms with van der Waals surface area (Å²) in [6.45, 7) is 6.17. The number of benzene rings is 2. The molecule has 0 fully saturated rings. The lowest BCUT2D eigenvalue weighted by Gasteiger charge is -2.26. The van der Waals surface area contributed by atoms with Crippen LogP contribution in [0.5, 0.6) is 0 Å². The van der Waals surface area contributed by atoms with Crippen LogP contribution in [0.1, 0.15) is 41.3 Å². The van der Waals surface area contributed by atoms with Crippen molar-refractivity contribution in [2.45, 2.75) is 37.9 Å². The van der Waals surface area contributed by atoms with Crippen LogP contribution in [0.2, 0.25) is 5.02 Å². The van der Waals surface area contributed by atoms with Gasteiger partial charge in [0.1, 0.15) is 11.5 Å². The maximum atomic E-state index is 12.5. The van der Waals surface area contributed by atoms with Gasteiger partial charge >= 0.3 is 0 Å². The van der Waals surface area contributed by atoms with Crippen LogP contribution in [-0.4, -0.2) is 38.4 Å². The molecule has 8 heteroatoms. The second-order valence-corrected chi connectivity index (χ2v) is 10.7. The highest BCUT2D eigenvalue weighted by atomic mass is 35.5. The van der Waals surface area contributed by atoms with Gasteiger partial charge in [-0.1, -0.05) is 54.1 Å². The minimum Gasteiger partial charge on any atom is -0.455 e. The van der Waals surface area contributed by atoms with E-state index in [0.717, 1.165) is 6.54 Å². The molecular formula is C25H29ClN2O4S. The van der Waals surface area contributed by atoms with Gasteiger partial charge in [-0.2, -0.15) is 0 Å². The van der Waals surface area contributed by atoms with Gasteiger partial charge in [0.25, 0.3) is 5.91 Å². The third-order valence-corrected chi connectivity index (χ3v) is 6.94. The second kappa shape index (κ2) is 11.5. The number of hydrogen-bond acceptors (Lipinski definition) is 5. The van der Waals surface area contributed by atoms with Crippen molar-refractivity contribution in [3.8, 4) is 0 Å². The molecule has 1 heterocycles. The van der Waals surface area contributed by atoms with Crippen molar-refractivity contribution >= 4 is 27.3 Å². The Bertz CT molecular complexity index is 1140. The summed E-state index contributed by atoms with van der Waals surface area (Å²) in [5.41, 5.74) is 1.86. The molecule has 1 aromatic heterocycles. The number of amides is 1. The number of rotatable bonds is 11. The predicted octanol–water partition coefficient (Wildman–Crippen LogP) is 4.69. The Hall–Kier alpha value is -2.61. The molecule has 0 radical (unpaired) electrons. The summed E-state index contributed by atoms with van der Waals surface area (Å²) in [5.74, 6) is -0.424. The SMILES string of the molecule is CC(C)N(CCNC(=O)c1ccc(CS(=O)(=O)Cc2ccc(Cl)cc2)o1)Cc1ccccc1. The van der Waals surface area contributed by atoms with Crippen LogP contribution in [0, 0.1) is 0 Å². The quantitative estimate of drug-likeness (QED) is 0.423. The van der Waals surface area contributed by atoms with Gasteiger partial charge in [-0.05, 0) is 49.2 Å². The van der Waals surface area contributed by atoms with Crippen LogP contribution in [0.3, 0.4) is 0 Å². The average molecular weight is 489 g/mol. The molecule has 3 rings (SSSR count). The third-order valence-electron chi connectivity index (χ3n) is 5.19. The number of nitrogens with one attached hydrogen (secondary N) is 1. The van der Waals surface area contributed by atoms with Crippen molar-refractivity contribution in [3.63, 3.8) is 0 Å². The smallest absolute Gasteiger partial charge is 0.287 e. The summed E-state index contributed by atoms with van der Waals surface area (Å²) in [4.78, 5) is 14.7. The van der Waals surface area contributed by atoms with E-state index in [4.69, 9.17) is 16.0 Å². The fourth-order valence-electron chi connectivity index (χ4n) is 3.42. The summed E-state index contributed by atoms with van der Waals surface area (Å²) < 4.78 is 30.5. The molecule has 0 bridgehead atoms. The molecule has 0 spiro atoms. The highest BCUT2D eigenvalue weighted by Crippen LogP contribution is 2.17. The van der Waals surface area contributed by atoms with Gasteiger partial charge in [0.2, 0.25) is 0 Å². The first-order valence-electron chi connectivity index (χ1n) is 10.8. The molecule has 2 aromatic carbocycles. The molecule has 0 atom stereocenters. The molecule has 0 saturated heterocycles. The minimum atomic E-state index is -3.46. The molecule has 3 aromatic rings. The summed E-state index contributed by atoms with van der Waals surface area (Å²) in [6, 6.07) is 20.2. The monoisotopic (exact) mass is 488 g/mol. The number of halogens is 1. The van der Waals surface area contributed by atoms with Crippen LogP contribution in [0.25, 0.3) is 0 Å². The number of sulfone groups is 1. The highest BCUT2D eigenvalue weighted by Gasteiger charge is 2.18. The van der Waals surface area contributed by atoms with Crippen molar-refractivity contribution in [2.24, 2.45) is 0 Å². The maximum absolute atomic E-state index is 12.5. The molecule has 0 aliphatic rings. The number of hydrogen-bond donors (Lipinski definition) is 1. The summed E-state index contributed by atoms with van der Waals surface area (Å²) >= 11 is 5.85. The fourth-order valence-corrected chi connectivity index (χ4v) is 4.93. The van der Waals surface area contributed by atoms with E-state index in [1.165, 1.54) is 17.7 Å². The molecule has 0 aliphatic heterocycles. The van der Waals surface area contributed by atoms with Crippen LogP contribution < -0.4 is 5.32 Å². The standard InChI is InChI=1S/C25H29ClN2O4S/c1-19(2)28(16-20-6-4-3-5-7-20)15-14-27-25(29)24-13-12-23(32-24)18-33(30,31)17-21-8-10-22(26)11-9-21/h3-13,19H,14-18H2,1-2H3,(H,27,29). The van der Waals surface area contributed by atoms with Gasteiger partial charge in [0.05, 0.1) is 5.75 Å². The van der Waals surface area contributed by atoms with E-state index in [-0.39, 0.29) is 28.9 Å². The summed E-state index contributed by atoms with van der Waals surface area (Å²) in [5, 5.41) is 3.41. The van der Waals surface area contributed by atoms with Crippen molar-refractivity contribution in [3.05, 3.63) is 94.4 Å². The van der Waals surface area contributed by atoms with Gasteiger partial charge in [-0.15, -0.1) is 0 Å². The van der Waals surface area contributed by atoms with Gasteiger partial charge in [0.15, 0.2) is 15.6 Å². The molecule has 176 valence electrons. The predicted molar refractivity (Wildman–Crippen MR) is 131 cm³/mol. The van der Waals surface area contributed by atoms with Crippen LogP contribution in [-0.2, 0) is 27.9 Å². The Kier molecular flexibility index (Phi) is 8.72. The number of furan rings is 1. The molecule has 33 heavy (non-hydrogen) atoms. The Labute approximate surface area is 200 Å². The van der Waals surface area contributed by atoms with E-state index in [0.29, 0.717) is 29.7 Å². The van der Waals surface area contributed by atoms with Crippen molar-refractivity contribution in [1.29, 1.82) is 0 Å². The Balaban J connectivity index is 1.51. The lowest BCUT2D eigenvalue weighted by atomic mass is 10.2. The zero-order chi connectivity index (χ0) is 23.8. The van der Waals surface area contributed by atoms with E-state index in [2.05, 4.69) is 36.2 Å². The lowest BCUT2D eigenvalue weighted by molar-refractivity contribution is 0.0915. The molecule has 0 saturated carbocycles. The van der Waals surface area contributed by atoms with Crippen molar-refractivity contribution < 1.29 is 17.6 Å². The zero-order valence-electron chi connectivity index (χ0n) is 18.8. The second-order valence-electron chi connectivity index (χ2n) is 8.23. The van der Waals surface area contributed by atoms with Gasteiger partial charge in [-0.3, -0.25) is 9.69 Å². The molecular weight excluding hydrogens is 460 g/mol. The Morgan fingerprint density at radius 1 is 0.970 bits per heavy atom. The first kappa shape index (κ1) is 25.0. The normalized spacial score (nSPS) is 11.8. The number of carbonyl (C=O) groups is 1. The van der Waals surface area contributed by atoms with Crippen LogP contribution in [0.15, 0.2) is 71.1 Å². The molecule has 0 aliphatic carbocycles. The third kappa shape index (κ3) is 8.03. The zero-order valence-corrected chi connectivity index (χ0v) is 20.4. The molecule has 0 unspecified atom stereocenters. The van der Waals surface area contributed by atoms with Gasteiger partial charge in [0, 0.05) is 30.7 Å². The van der Waals surface area contributed by atoms with E-state index >= 15 is 0 Å². The van der Waals surface area contributed by atoms with Gasteiger partial charge < -0.3 is 9.73 Å². The summed E-state index contributed by atoms with van der Waals surface area (Å²) in [6.07, 6.45) is 0. The van der Waals surface area contributed by atoms with Crippen molar-refractivity contribution in [1.82, 2.24) is 10.2 Å². The fraction of sp³-hybridized carbons (Fsp3) is 0.320. The summed E-state index contributed by atoms with van der Waals surface area (Å²) in [7, 11) is -3.46. The van der Waals surface area contributed by atoms with E-state index in [1.54, 1.807) is 24.3 Å². The Morgan fingerprint density at radius 3 is 2.33 bits per heavy atom. The van der Waals surface area contributed by atoms with E-state index < -0.39 is 9.84 Å². The molecule has 1 N–H and O–H groups in total. The minimum absolute atomic E-state index is 0.103. The van der Waals surface area contributed by atoms with Crippen molar-refractivity contribution in [2.75, 3.05) is 13.1 Å². The highest BCUT2D eigenvalue weighted by molar-refractivity contribution is 7.89. The average Bonchev–Trinajstić information content (AvgIpc) is 3.23. The lowest BCUT2D eigenvalue weighted by Crippen LogP contribution is -2.38. The largest absolute Gasteiger partial charge is 0.455 e. The Morgan fingerprint density at radius 2 is 1.67 bits per heavy atom. The van der Waals surface area contributed by atoms with Crippen LogP contribution >= 0.6 is 11.6 Å². The van der Waals surface area contributed by atoms with Crippen LogP contribution in [0.4, 0.5) is 0 Å². The molecule has 1 amide bonds. The molecule has 6 nitrogen and oxygen atoms in total. The number of nitrogens with zero attached hydrogens (tertiary/aromatic N) is 1. The maximum Gasteiger partial charge on any atom is 0.287 e. The van der Waals surface area contributed by atoms with E-state index in [9.17, 15) is 13.2 Å². The van der Waals surface area contributed by atoms with Gasteiger partial charge in [-0.25, -0.2) is 8.42 Å². The number of carbonyl (C=O) groups excluding carboxylic acids is 1. The first-order valence-corrected chi connectivity index (χ1v) is 13.0. The topological polar surface area (TPSA) is 79.6 Å². The first-order chi connectivity index (χ1) is 15.7. The van der Waals surface area contributed by atoms with E-state index in [1.807, 2.05) is 18.2 Å².